The third kappa shape index (κ3) is 2.52. The van der Waals surface area contributed by atoms with E-state index in [0.717, 1.165) is 5.56 Å². The number of carbonyl (C=O) groups excluding carboxylic acids is 1. The molecule has 2 unspecified atom stereocenters. The van der Waals surface area contributed by atoms with E-state index in [1.54, 1.807) is 35.5 Å². The van der Waals surface area contributed by atoms with Gasteiger partial charge < -0.3 is 5.32 Å². The van der Waals surface area contributed by atoms with Gasteiger partial charge >= 0.3 is 0 Å². The van der Waals surface area contributed by atoms with Gasteiger partial charge in [0.05, 0.1) is 12.2 Å². The molecule has 0 spiro atoms. The van der Waals surface area contributed by atoms with Crippen LogP contribution in [0.25, 0.3) is 0 Å². The smallest absolute Gasteiger partial charge is 0.245 e. The normalized spacial score (nSPS) is 14.2. The van der Waals surface area contributed by atoms with Gasteiger partial charge in [-0.15, -0.1) is 0 Å². The molecule has 0 aliphatic heterocycles. The van der Waals surface area contributed by atoms with Crippen molar-refractivity contribution in [3.05, 3.63) is 36.4 Å². The Bertz CT molecular complexity index is 462. The Morgan fingerprint density at radius 3 is 2.94 bits per heavy atom. The van der Waals surface area contributed by atoms with Crippen LogP contribution >= 0.6 is 0 Å². The first-order chi connectivity index (χ1) is 8.18. The molecular weight excluding hydrogens is 218 g/mol. The van der Waals surface area contributed by atoms with E-state index in [1.165, 1.54) is 0 Å². The Hall–Kier alpha value is -2.11. The molecule has 0 bridgehead atoms. The lowest BCUT2D eigenvalue weighted by molar-refractivity contribution is -0.124. The van der Waals surface area contributed by atoms with Crippen molar-refractivity contribution in [2.24, 2.45) is 0 Å². The number of aromatic nitrogens is 4. The molecule has 0 saturated heterocycles. The lowest BCUT2D eigenvalue weighted by Crippen LogP contribution is -2.33. The lowest BCUT2D eigenvalue weighted by Gasteiger charge is -2.16. The van der Waals surface area contributed by atoms with Crippen LogP contribution in [0.5, 0.6) is 0 Å². The highest BCUT2D eigenvalue weighted by Gasteiger charge is 2.17. The van der Waals surface area contributed by atoms with Crippen LogP contribution in [-0.4, -0.2) is 25.9 Å². The largest absolute Gasteiger partial charge is 0.348 e. The second kappa shape index (κ2) is 4.82. The van der Waals surface area contributed by atoms with Crippen LogP contribution < -0.4 is 5.32 Å². The van der Waals surface area contributed by atoms with E-state index in [2.05, 4.69) is 20.6 Å². The third-order valence-electron chi connectivity index (χ3n) is 2.68. The predicted molar refractivity (Wildman–Crippen MR) is 62.1 cm³/mol. The Balaban J connectivity index is 1.98. The minimum atomic E-state index is -0.320. The summed E-state index contributed by atoms with van der Waals surface area (Å²) in [5.74, 6) is -0.0672. The molecule has 2 N–H and O–H groups in total. The fourth-order valence-corrected chi connectivity index (χ4v) is 1.54. The standard InChI is InChI=1S/C11H15N5O/c1-8(10-6-12-13-7-10)15-11(17)9(2)16-5-3-4-14-16/h3-9H,1-2H3,(H,12,13)(H,15,17). The molecule has 6 nitrogen and oxygen atoms in total. The molecule has 0 radical (unpaired) electrons. The molecule has 2 rings (SSSR count). The summed E-state index contributed by atoms with van der Waals surface area (Å²) < 4.78 is 1.62. The monoisotopic (exact) mass is 233 g/mol. The molecule has 2 aromatic heterocycles. The number of H-pyrrole nitrogens is 1. The average molecular weight is 233 g/mol. The zero-order valence-electron chi connectivity index (χ0n) is 9.79. The molecule has 17 heavy (non-hydrogen) atoms. The number of hydrogen-bond acceptors (Lipinski definition) is 3. The van der Waals surface area contributed by atoms with E-state index < -0.39 is 0 Å². The van der Waals surface area contributed by atoms with Gasteiger partial charge in [-0.25, -0.2) is 0 Å². The molecule has 0 aliphatic rings. The highest BCUT2D eigenvalue weighted by molar-refractivity contribution is 5.80. The van der Waals surface area contributed by atoms with Gasteiger partial charge in [0.25, 0.3) is 0 Å². The Morgan fingerprint density at radius 2 is 2.35 bits per heavy atom. The first-order valence-corrected chi connectivity index (χ1v) is 5.46. The summed E-state index contributed by atoms with van der Waals surface area (Å²) in [4.78, 5) is 11.9. The molecule has 0 saturated carbocycles. The van der Waals surface area contributed by atoms with Gasteiger partial charge in [0.2, 0.25) is 5.91 Å². The number of rotatable bonds is 4. The van der Waals surface area contributed by atoms with Crippen molar-refractivity contribution in [1.82, 2.24) is 25.3 Å². The fourth-order valence-electron chi connectivity index (χ4n) is 1.54. The summed E-state index contributed by atoms with van der Waals surface area (Å²) in [5, 5.41) is 13.5. The summed E-state index contributed by atoms with van der Waals surface area (Å²) in [7, 11) is 0. The Kier molecular flexibility index (Phi) is 3.22. The molecule has 2 atom stereocenters. The van der Waals surface area contributed by atoms with Crippen molar-refractivity contribution in [1.29, 1.82) is 0 Å². The lowest BCUT2D eigenvalue weighted by atomic mass is 10.2. The SMILES string of the molecule is CC(NC(=O)C(C)n1cccn1)c1cn[nH]c1. The molecule has 0 aromatic carbocycles. The van der Waals surface area contributed by atoms with Gasteiger partial charge in [-0.1, -0.05) is 0 Å². The fraction of sp³-hybridized carbons (Fsp3) is 0.364. The molecule has 6 heteroatoms. The molecule has 90 valence electrons. The predicted octanol–water partition coefficient (Wildman–Crippen LogP) is 1.04. The van der Waals surface area contributed by atoms with Crippen molar-refractivity contribution in [3.63, 3.8) is 0 Å². The number of aromatic amines is 1. The second-order valence-electron chi connectivity index (χ2n) is 3.92. The van der Waals surface area contributed by atoms with Crippen molar-refractivity contribution in [2.75, 3.05) is 0 Å². The highest BCUT2D eigenvalue weighted by atomic mass is 16.2. The quantitative estimate of drug-likeness (QED) is 0.828. The maximum Gasteiger partial charge on any atom is 0.245 e. The average Bonchev–Trinajstić information content (AvgIpc) is 3.00. The second-order valence-corrected chi connectivity index (χ2v) is 3.92. The summed E-state index contributed by atoms with van der Waals surface area (Å²) in [6.07, 6.45) is 6.89. The van der Waals surface area contributed by atoms with Gasteiger partial charge in [-0.05, 0) is 19.9 Å². The Morgan fingerprint density at radius 1 is 1.53 bits per heavy atom. The molecule has 0 fully saturated rings. The van der Waals surface area contributed by atoms with E-state index in [4.69, 9.17) is 0 Å². The minimum Gasteiger partial charge on any atom is -0.348 e. The highest BCUT2D eigenvalue weighted by Crippen LogP contribution is 2.11. The van der Waals surface area contributed by atoms with Crippen molar-refractivity contribution in [3.8, 4) is 0 Å². The number of carbonyl (C=O) groups is 1. The van der Waals surface area contributed by atoms with Gasteiger partial charge in [-0.2, -0.15) is 10.2 Å². The number of nitrogens with one attached hydrogen (secondary N) is 2. The third-order valence-corrected chi connectivity index (χ3v) is 2.68. The number of amides is 1. The van der Waals surface area contributed by atoms with Crippen LogP contribution in [0.1, 0.15) is 31.5 Å². The van der Waals surface area contributed by atoms with Crippen LogP contribution in [0, 0.1) is 0 Å². The van der Waals surface area contributed by atoms with E-state index in [0.29, 0.717) is 0 Å². The summed E-state index contributed by atoms with van der Waals surface area (Å²) in [6, 6.07) is 1.40. The van der Waals surface area contributed by atoms with Crippen LogP contribution in [0.4, 0.5) is 0 Å². The van der Waals surface area contributed by atoms with Crippen LogP contribution in [0.15, 0.2) is 30.9 Å². The van der Waals surface area contributed by atoms with Crippen LogP contribution in [0.3, 0.4) is 0 Å². The van der Waals surface area contributed by atoms with Gasteiger partial charge in [-0.3, -0.25) is 14.6 Å². The molecule has 2 heterocycles. The first kappa shape index (κ1) is 11.4. The zero-order valence-corrected chi connectivity index (χ0v) is 9.79. The molecule has 2 aromatic rings. The van der Waals surface area contributed by atoms with Crippen molar-refractivity contribution < 1.29 is 4.79 Å². The zero-order chi connectivity index (χ0) is 12.3. The van der Waals surface area contributed by atoms with Crippen LogP contribution in [-0.2, 0) is 4.79 Å². The van der Waals surface area contributed by atoms with Crippen molar-refractivity contribution in [2.45, 2.75) is 25.9 Å². The van der Waals surface area contributed by atoms with E-state index in [1.807, 2.05) is 13.8 Å². The molecular formula is C11H15N5O. The van der Waals surface area contributed by atoms with Gasteiger partial charge in [0.1, 0.15) is 6.04 Å². The first-order valence-electron chi connectivity index (χ1n) is 5.46. The molecule has 1 amide bonds. The van der Waals surface area contributed by atoms with E-state index in [9.17, 15) is 4.79 Å². The summed E-state index contributed by atoms with van der Waals surface area (Å²) >= 11 is 0. The topological polar surface area (TPSA) is 75.6 Å². The molecule has 0 aliphatic carbocycles. The van der Waals surface area contributed by atoms with Crippen LogP contribution in [0.2, 0.25) is 0 Å². The van der Waals surface area contributed by atoms with Gasteiger partial charge in [0.15, 0.2) is 0 Å². The Labute approximate surface area is 99.0 Å². The summed E-state index contributed by atoms with van der Waals surface area (Å²) in [6.45, 7) is 3.73. The maximum absolute atomic E-state index is 11.9. The number of nitrogens with zero attached hydrogens (tertiary/aromatic N) is 3. The maximum atomic E-state index is 11.9. The van der Waals surface area contributed by atoms with Gasteiger partial charge in [0, 0.05) is 24.2 Å². The minimum absolute atomic E-state index is 0.0672. The summed E-state index contributed by atoms with van der Waals surface area (Å²) in [5.41, 5.74) is 0.950. The number of hydrogen-bond donors (Lipinski definition) is 2. The van der Waals surface area contributed by atoms with Crippen molar-refractivity contribution >= 4 is 5.91 Å². The van der Waals surface area contributed by atoms with E-state index >= 15 is 0 Å². The van der Waals surface area contributed by atoms with E-state index in [-0.39, 0.29) is 18.0 Å².